The number of nitrogens with zero attached hydrogens (tertiary/aromatic N) is 3. The van der Waals surface area contributed by atoms with Crippen LogP contribution >= 0.6 is 11.3 Å². The molecule has 2 rings (SSSR count). The molecule has 1 aliphatic rings. The standard InChI is InChI=1S/C17H24F3N3O4S/c1-6-10-9-22(7-8-23(10)15(25)27-16(2,3)4)12-11(13(24)26-5)21-14(28-12)17(18,19)20/h10H,6-9H2,1-5H3. The Morgan fingerprint density at radius 2 is 1.89 bits per heavy atom. The first kappa shape index (κ1) is 22.3. The van der Waals surface area contributed by atoms with Crippen LogP contribution < -0.4 is 4.90 Å². The highest BCUT2D eigenvalue weighted by Gasteiger charge is 2.40. The Labute approximate surface area is 165 Å². The summed E-state index contributed by atoms with van der Waals surface area (Å²) < 4.78 is 49.3. The van der Waals surface area contributed by atoms with Crippen LogP contribution in [0.25, 0.3) is 0 Å². The van der Waals surface area contributed by atoms with E-state index in [4.69, 9.17) is 4.74 Å². The zero-order valence-electron chi connectivity index (χ0n) is 16.4. The first-order valence-electron chi connectivity index (χ1n) is 8.78. The third-order valence-electron chi connectivity index (χ3n) is 4.10. The van der Waals surface area contributed by atoms with Gasteiger partial charge >= 0.3 is 18.2 Å². The van der Waals surface area contributed by atoms with Gasteiger partial charge in [0.25, 0.3) is 0 Å². The Morgan fingerprint density at radius 1 is 1.25 bits per heavy atom. The van der Waals surface area contributed by atoms with Gasteiger partial charge in [-0.05, 0) is 27.2 Å². The molecular formula is C17H24F3N3O4S. The van der Waals surface area contributed by atoms with Crippen molar-refractivity contribution in [2.75, 3.05) is 31.6 Å². The maximum absolute atomic E-state index is 13.1. The lowest BCUT2D eigenvalue weighted by atomic mass is 10.1. The van der Waals surface area contributed by atoms with Gasteiger partial charge in [-0.3, -0.25) is 0 Å². The highest BCUT2D eigenvalue weighted by atomic mass is 32.1. The molecule has 11 heteroatoms. The van der Waals surface area contributed by atoms with E-state index in [0.717, 1.165) is 7.11 Å². The van der Waals surface area contributed by atoms with Gasteiger partial charge in [-0.1, -0.05) is 18.3 Å². The lowest BCUT2D eigenvalue weighted by Crippen LogP contribution is -2.56. The number of amides is 1. The predicted molar refractivity (Wildman–Crippen MR) is 97.7 cm³/mol. The highest BCUT2D eigenvalue weighted by Crippen LogP contribution is 2.39. The van der Waals surface area contributed by atoms with Crippen LogP contribution in [0.3, 0.4) is 0 Å². The quantitative estimate of drug-likeness (QED) is 0.689. The van der Waals surface area contributed by atoms with Crippen LogP contribution in [0, 0.1) is 0 Å². The van der Waals surface area contributed by atoms with Crippen molar-refractivity contribution < 1.29 is 32.2 Å². The predicted octanol–water partition coefficient (Wildman–Crippen LogP) is 3.78. The molecule has 1 aromatic heterocycles. The van der Waals surface area contributed by atoms with E-state index in [1.54, 1.807) is 30.6 Å². The topological polar surface area (TPSA) is 72.0 Å². The third-order valence-corrected chi connectivity index (χ3v) is 5.26. The van der Waals surface area contributed by atoms with Crippen molar-refractivity contribution >= 4 is 28.4 Å². The van der Waals surface area contributed by atoms with E-state index in [0.29, 0.717) is 17.8 Å². The number of anilines is 1. The van der Waals surface area contributed by atoms with Gasteiger partial charge in [0.05, 0.1) is 13.2 Å². The Hall–Kier alpha value is -2.04. The number of methoxy groups -OCH3 is 1. The second-order valence-corrected chi connectivity index (χ2v) is 8.32. The summed E-state index contributed by atoms with van der Waals surface area (Å²) in [5.74, 6) is -0.927. The molecule has 1 saturated heterocycles. The van der Waals surface area contributed by atoms with Gasteiger partial charge in [-0.15, -0.1) is 0 Å². The van der Waals surface area contributed by atoms with Gasteiger partial charge < -0.3 is 19.3 Å². The number of alkyl halides is 3. The first-order chi connectivity index (χ1) is 12.9. The largest absolute Gasteiger partial charge is 0.464 e. The molecule has 0 radical (unpaired) electrons. The highest BCUT2D eigenvalue weighted by molar-refractivity contribution is 7.16. The SMILES string of the molecule is CCC1CN(c2sc(C(F)(F)F)nc2C(=O)OC)CCN1C(=O)OC(C)(C)C. The normalized spacial score (nSPS) is 18.2. The van der Waals surface area contributed by atoms with Gasteiger partial charge in [0, 0.05) is 19.6 Å². The van der Waals surface area contributed by atoms with Crippen molar-refractivity contribution in [3.05, 3.63) is 10.7 Å². The molecule has 0 aliphatic carbocycles. The fraction of sp³-hybridized carbons (Fsp3) is 0.706. The fourth-order valence-corrected chi connectivity index (χ4v) is 3.78. The van der Waals surface area contributed by atoms with E-state index in [1.807, 2.05) is 6.92 Å². The number of hydrogen-bond acceptors (Lipinski definition) is 7. The van der Waals surface area contributed by atoms with Gasteiger partial charge in [0.2, 0.25) is 5.01 Å². The Bertz CT molecular complexity index is 730. The molecule has 1 amide bonds. The summed E-state index contributed by atoms with van der Waals surface area (Å²) in [7, 11) is 1.09. The molecule has 0 bridgehead atoms. The molecule has 1 aliphatic heterocycles. The average molecular weight is 423 g/mol. The molecule has 158 valence electrons. The Kier molecular flexibility index (Phi) is 6.47. The molecule has 7 nitrogen and oxygen atoms in total. The molecule has 2 heterocycles. The van der Waals surface area contributed by atoms with Crippen molar-refractivity contribution in [3.63, 3.8) is 0 Å². The van der Waals surface area contributed by atoms with Crippen molar-refractivity contribution in [1.82, 2.24) is 9.88 Å². The summed E-state index contributed by atoms with van der Waals surface area (Å²) in [6, 6.07) is -0.273. The maximum Gasteiger partial charge on any atom is 0.443 e. The molecule has 1 unspecified atom stereocenters. The van der Waals surface area contributed by atoms with Crippen molar-refractivity contribution in [2.24, 2.45) is 0 Å². The minimum Gasteiger partial charge on any atom is -0.464 e. The van der Waals surface area contributed by atoms with Crippen molar-refractivity contribution in [2.45, 2.75) is 51.9 Å². The summed E-state index contributed by atoms with van der Waals surface area (Å²) in [5, 5.41) is -1.01. The lowest BCUT2D eigenvalue weighted by Gasteiger charge is -2.41. The van der Waals surface area contributed by atoms with Crippen LogP contribution in [0.15, 0.2) is 0 Å². The molecule has 1 atom stereocenters. The minimum absolute atomic E-state index is 0.0986. The number of piperazine rings is 1. The molecule has 1 fully saturated rings. The Balaban J connectivity index is 2.27. The van der Waals surface area contributed by atoms with E-state index in [2.05, 4.69) is 9.72 Å². The van der Waals surface area contributed by atoms with Gasteiger partial charge in [0.15, 0.2) is 5.69 Å². The number of ether oxygens (including phenoxy) is 2. The van der Waals surface area contributed by atoms with Crippen LogP contribution in [0.1, 0.15) is 49.6 Å². The summed E-state index contributed by atoms with van der Waals surface area (Å²) in [4.78, 5) is 31.1. The van der Waals surface area contributed by atoms with E-state index in [-0.39, 0.29) is 36.4 Å². The lowest BCUT2D eigenvalue weighted by molar-refractivity contribution is -0.137. The smallest absolute Gasteiger partial charge is 0.443 e. The molecule has 0 N–H and O–H groups in total. The zero-order chi connectivity index (χ0) is 21.3. The zero-order valence-corrected chi connectivity index (χ0v) is 17.2. The van der Waals surface area contributed by atoms with E-state index >= 15 is 0 Å². The molecule has 0 spiro atoms. The number of hydrogen-bond donors (Lipinski definition) is 0. The number of carbonyl (C=O) groups is 2. The molecule has 0 saturated carbocycles. The number of carbonyl (C=O) groups excluding carboxylic acids is 2. The molecular weight excluding hydrogens is 399 g/mol. The Morgan fingerprint density at radius 3 is 2.39 bits per heavy atom. The number of thiazole rings is 1. The van der Waals surface area contributed by atoms with E-state index < -0.39 is 28.8 Å². The van der Waals surface area contributed by atoms with Gasteiger partial charge in [-0.2, -0.15) is 13.2 Å². The number of aromatic nitrogens is 1. The monoisotopic (exact) mass is 423 g/mol. The number of rotatable bonds is 3. The van der Waals surface area contributed by atoms with Crippen LogP contribution in [0.2, 0.25) is 0 Å². The van der Waals surface area contributed by atoms with Gasteiger partial charge in [0.1, 0.15) is 10.6 Å². The van der Waals surface area contributed by atoms with Crippen molar-refractivity contribution in [3.8, 4) is 0 Å². The number of halogens is 3. The fourth-order valence-electron chi connectivity index (χ4n) is 2.83. The molecule has 0 aromatic carbocycles. The number of esters is 1. The van der Waals surface area contributed by atoms with Crippen LogP contribution in [-0.2, 0) is 15.7 Å². The molecule has 1 aromatic rings. The maximum atomic E-state index is 13.1. The van der Waals surface area contributed by atoms with Crippen LogP contribution in [0.5, 0.6) is 0 Å². The second kappa shape index (κ2) is 8.14. The first-order valence-corrected chi connectivity index (χ1v) is 9.60. The summed E-state index contributed by atoms with van der Waals surface area (Å²) >= 11 is 0.403. The second-order valence-electron chi connectivity index (χ2n) is 7.34. The van der Waals surface area contributed by atoms with Crippen molar-refractivity contribution in [1.29, 1.82) is 0 Å². The third kappa shape index (κ3) is 5.06. The summed E-state index contributed by atoms with van der Waals surface area (Å²) in [6.45, 7) is 7.94. The van der Waals surface area contributed by atoms with Crippen LogP contribution in [0.4, 0.5) is 23.0 Å². The van der Waals surface area contributed by atoms with Crippen LogP contribution in [-0.4, -0.2) is 60.3 Å². The van der Waals surface area contributed by atoms with Gasteiger partial charge in [-0.25, -0.2) is 14.6 Å². The summed E-state index contributed by atoms with van der Waals surface area (Å²) in [6.07, 6.45) is -4.55. The van der Waals surface area contributed by atoms with E-state index in [9.17, 15) is 22.8 Å². The summed E-state index contributed by atoms with van der Waals surface area (Å²) in [5.41, 5.74) is -1.01. The van der Waals surface area contributed by atoms with E-state index in [1.165, 1.54) is 0 Å². The molecule has 28 heavy (non-hydrogen) atoms. The minimum atomic E-state index is -4.66. The average Bonchev–Trinajstić information content (AvgIpc) is 3.04.